The van der Waals surface area contributed by atoms with E-state index in [1.807, 2.05) is 30.3 Å². The summed E-state index contributed by atoms with van der Waals surface area (Å²) in [6, 6.07) is 9.16. The Balaban J connectivity index is 1.42. The molecule has 1 saturated carbocycles. The van der Waals surface area contributed by atoms with Crippen molar-refractivity contribution in [1.29, 1.82) is 0 Å². The van der Waals surface area contributed by atoms with E-state index in [1.54, 1.807) is 0 Å². The van der Waals surface area contributed by atoms with Crippen LogP contribution in [0.5, 0.6) is 0 Å². The minimum Gasteiger partial charge on any atom is -0.367 e. The molecule has 1 spiro atoms. The van der Waals surface area contributed by atoms with E-state index in [4.69, 9.17) is 4.74 Å². The molecule has 1 aromatic rings. The summed E-state index contributed by atoms with van der Waals surface area (Å²) in [7, 11) is 0. The molecule has 3 aliphatic heterocycles. The number of nitrogens with one attached hydrogen (secondary N) is 2. The van der Waals surface area contributed by atoms with E-state index in [2.05, 4.69) is 17.6 Å². The predicted octanol–water partition coefficient (Wildman–Crippen LogP) is 3.46. The summed E-state index contributed by atoms with van der Waals surface area (Å²) in [5.74, 6) is -0.706. The highest BCUT2D eigenvalue weighted by Crippen LogP contribution is 2.63. The molecule has 1 aromatic carbocycles. The maximum atomic E-state index is 13.5. The zero-order chi connectivity index (χ0) is 17.5. The number of ether oxygens (including phenoxy) is 1. The molecule has 25 heavy (non-hydrogen) atoms. The smallest absolute Gasteiger partial charge is 0.245 e. The van der Waals surface area contributed by atoms with E-state index in [0.29, 0.717) is 13.0 Å². The highest BCUT2D eigenvalue weighted by atomic mass is 19.3. The maximum Gasteiger partial charge on any atom is 0.245 e. The number of hydrogen-bond acceptors (Lipinski definition) is 3. The van der Waals surface area contributed by atoms with Gasteiger partial charge in [-0.15, -0.1) is 0 Å². The molecule has 3 heterocycles. The molecule has 3 saturated heterocycles. The molecular formula is C20H28F2N2O. The van der Waals surface area contributed by atoms with Crippen molar-refractivity contribution in [2.75, 3.05) is 19.6 Å². The number of piperidine rings is 1. The molecule has 5 rings (SSSR count). The maximum absolute atomic E-state index is 13.5. The van der Waals surface area contributed by atoms with E-state index in [0.717, 1.165) is 44.3 Å². The molecule has 3 nitrogen and oxygen atoms in total. The Bertz CT molecular complexity index is 595. The summed E-state index contributed by atoms with van der Waals surface area (Å²) in [4.78, 5) is 0. The molecule has 138 valence electrons. The monoisotopic (exact) mass is 350 g/mol. The van der Waals surface area contributed by atoms with Gasteiger partial charge in [0, 0.05) is 5.92 Å². The van der Waals surface area contributed by atoms with Gasteiger partial charge in [0.05, 0.1) is 16.7 Å². The Morgan fingerprint density at radius 3 is 2.48 bits per heavy atom. The molecular weight excluding hydrogens is 322 g/mol. The van der Waals surface area contributed by atoms with E-state index in [9.17, 15) is 8.78 Å². The first-order valence-electron chi connectivity index (χ1n) is 9.47. The largest absolute Gasteiger partial charge is 0.367 e. The van der Waals surface area contributed by atoms with Gasteiger partial charge in [-0.05, 0) is 64.2 Å². The Morgan fingerprint density at radius 1 is 1.16 bits per heavy atom. The van der Waals surface area contributed by atoms with Gasteiger partial charge >= 0.3 is 0 Å². The molecule has 5 heteroatoms. The Morgan fingerprint density at radius 2 is 1.84 bits per heavy atom. The lowest BCUT2D eigenvalue weighted by Crippen LogP contribution is -2.66. The van der Waals surface area contributed by atoms with Gasteiger partial charge in [0.15, 0.2) is 0 Å². The van der Waals surface area contributed by atoms with Crippen LogP contribution >= 0.6 is 0 Å². The van der Waals surface area contributed by atoms with Crippen molar-refractivity contribution in [3.63, 3.8) is 0 Å². The Labute approximate surface area is 148 Å². The van der Waals surface area contributed by atoms with Crippen LogP contribution in [0, 0.1) is 0 Å². The number of rotatable bonds is 6. The third-order valence-corrected chi connectivity index (χ3v) is 6.53. The van der Waals surface area contributed by atoms with Crippen molar-refractivity contribution in [1.82, 2.24) is 10.6 Å². The van der Waals surface area contributed by atoms with E-state index >= 15 is 0 Å². The second-order valence-corrected chi connectivity index (χ2v) is 8.30. The summed E-state index contributed by atoms with van der Waals surface area (Å²) >= 11 is 0. The van der Waals surface area contributed by atoms with Gasteiger partial charge in [-0.3, -0.25) is 0 Å². The van der Waals surface area contributed by atoms with Gasteiger partial charge in [-0.2, -0.15) is 0 Å². The fourth-order valence-electron chi connectivity index (χ4n) is 5.49. The zero-order valence-corrected chi connectivity index (χ0v) is 14.9. The molecule has 0 aromatic heterocycles. The summed E-state index contributed by atoms with van der Waals surface area (Å²) < 4.78 is 33.6. The van der Waals surface area contributed by atoms with Gasteiger partial charge in [0.25, 0.3) is 0 Å². The second-order valence-electron chi connectivity index (χ2n) is 8.30. The van der Waals surface area contributed by atoms with Crippen molar-refractivity contribution in [2.45, 2.75) is 68.1 Å². The van der Waals surface area contributed by atoms with Crippen LogP contribution in [0.4, 0.5) is 8.78 Å². The van der Waals surface area contributed by atoms with E-state index in [-0.39, 0.29) is 16.7 Å². The van der Waals surface area contributed by atoms with Crippen LogP contribution < -0.4 is 10.6 Å². The van der Waals surface area contributed by atoms with Crippen molar-refractivity contribution in [3.05, 3.63) is 35.9 Å². The standard InChI is InChI=1S/C20H28F2N2O/c1-18-13-19(14-18,20(25-18)8-11-23-12-9-20)24-10-7-16(17(21)22)15-5-3-2-4-6-15/h2-6,16-17,23-24H,7-14H2,1H3. The first-order chi connectivity index (χ1) is 12.0. The molecule has 1 aliphatic carbocycles. The second kappa shape index (κ2) is 6.29. The van der Waals surface area contributed by atoms with Crippen molar-refractivity contribution < 1.29 is 13.5 Å². The lowest BCUT2D eigenvalue weighted by Gasteiger charge is -2.49. The van der Waals surface area contributed by atoms with Crippen molar-refractivity contribution >= 4 is 0 Å². The number of halogens is 2. The Kier molecular flexibility index (Phi) is 4.37. The lowest BCUT2D eigenvalue weighted by molar-refractivity contribution is -0.0750. The fraction of sp³-hybridized carbons (Fsp3) is 0.700. The quantitative estimate of drug-likeness (QED) is 0.824. The van der Waals surface area contributed by atoms with Crippen molar-refractivity contribution in [2.24, 2.45) is 0 Å². The lowest BCUT2D eigenvalue weighted by atomic mass is 9.60. The molecule has 2 N–H and O–H groups in total. The van der Waals surface area contributed by atoms with E-state index in [1.165, 1.54) is 0 Å². The molecule has 0 amide bonds. The number of hydrogen-bond donors (Lipinski definition) is 2. The first-order valence-corrected chi connectivity index (χ1v) is 9.47. The highest BCUT2D eigenvalue weighted by Gasteiger charge is 2.72. The third-order valence-electron chi connectivity index (χ3n) is 6.53. The van der Waals surface area contributed by atoms with Crippen LogP contribution in [0.15, 0.2) is 30.3 Å². The number of benzene rings is 1. The molecule has 4 aliphatic rings. The van der Waals surface area contributed by atoms with Crippen molar-refractivity contribution in [3.8, 4) is 0 Å². The van der Waals surface area contributed by atoms with Gasteiger partial charge in [-0.25, -0.2) is 8.78 Å². The van der Waals surface area contributed by atoms with Crippen LogP contribution in [-0.4, -0.2) is 42.8 Å². The van der Waals surface area contributed by atoms with E-state index < -0.39 is 12.3 Å². The fourth-order valence-corrected chi connectivity index (χ4v) is 5.49. The average molecular weight is 350 g/mol. The predicted molar refractivity (Wildman–Crippen MR) is 94.1 cm³/mol. The van der Waals surface area contributed by atoms with Gasteiger partial charge in [-0.1, -0.05) is 30.3 Å². The Hall–Kier alpha value is -1.04. The van der Waals surface area contributed by atoms with Crippen LogP contribution in [0.2, 0.25) is 0 Å². The number of alkyl halides is 2. The third kappa shape index (κ3) is 2.90. The summed E-state index contributed by atoms with van der Waals surface area (Å²) in [5, 5.41) is 7.09. The molecule has 1 unspecified atom stereocenters. The van der Waals surface area contributed by atoms with Crippen LogP contribution in [0.1, 0.15) is 50.5 Å². The summed E-state index contributed by atoms with van der Waals surface area (Å²) in [6.45, 7) is 4.75. The van der Waals surface area contributed by atoms with Crippen LogP contribution in [-0.2, 0) is 4.74 Å². The molecule has 4 fully saturated rings. The van der Waals surface area contributed by atoms with Gasteiger partial charge in [0.2, 0.25) is 6.43 Å². The molecule has 0 radical (unpaired) electrons. The average Bonchev–Trinajstić information content (AvgIpc) is 2.93. The molecule has 1 atom stereocenters. The highest BCUT2D eigenvalue weighted by molar-refractivity contribution is 5.27. The minimum atomic E-state index is -2.33. The van der Waals surface area contributed by atoms with Gasteiger partial charge < -0.3 is 15.4 Å². The SMILES string of the molecule is CC12CC(NCCC(c3ccccc3)C(F)F)(C1)C1(CCNCC1)O2. The first kappa shape index (κ1) is 17.4. The van der Waals surface area contributed by atoms with Gasteiger partial charge in [0.1, 0.15) is 0 Å². The normalized spacial score (nSPS) is 34.2. The van der Waals surface area contributed by atoms with Crippen LogP contribution in [0.3, 0.4) is 0 Å². The summed E-state index contributed by atoms with van der Waals surface area (Å²) in [5.41, 5.74) is 0.577. The zero-order valence-electron chi connectivity index (χ0n) is 14.9. The molecule has 2 bridgehead atoms. The van der Waals surface area contributed by atoms with Crippen LogP contribution in [0.25, 0.3) is 0 Å². The topological polar surface area (TPSA) is 33.3 Å². The minimum absolute atomic E-state index is 0.0206. The summed E-state index contributed by atoms with van der Waals surface area (Å²) in [6.07, 6.45) is 2.14.